The Balaban J connectivity index is 1.58. The Kier molecular flexibility index (Phi) is 5.43. The molecule has 3 heterocycles. The number of alkyl halides is 3. The molecule has 0 saturated heterocycles. The molecule has 1 aliphatic rings. The van der Waals surface area contributed by atoms with Gasteiger partial charge in [-0.15, -0.1) is 13.2 Å². The molecule has 1 aliphatic heterocycles. The Bertz CT molecular complexity index is 1180. The van der Waals surface area contributed by atoms with E-state index in [4.69, 9.17) is 0 Å². The maximum atomic E-state index is 12.8. The van der Waals surface area contributed by atoms with Crippen molar-refractivity contribution in [2.45, 2.75) is 12.9 Å². The van der Waals surface area contributed by atoms with Gasteiger partial charge in [0.25, 0.3) is 0 Å². The second-order valence-electron chi connectivity index (χ2n) is 6.94. The summed E-state index contributed by atoms with van der Waals surface area (Å²) in [6, 6.07) is 6.51. The Labute approximate surface area is 179 Å². The number of benzene rings is 1. The van der Waals surface area contributed by atoms with Crippen LogP contribution in [0.2, 0.25) is 0 Å². The van der Waals surface area contributed by atoms with Crippen molar-refractivity contribution in [2.75, 3.05) is 16.8 Å². The number of aromatic nitrogens is 3. The topological polar surface area (TPSA) is 101 Å². The molecule has 0 unspecified atom stereocenters. The molecule has 0 atom stereocenters. The lowest BCUT2D eigenvalue weighted by Gasteiger charge is -2.28. The van der Waals surface area contributed by atoms with Crippen molar-refractivity contribution in [1.29, 1.82) is 0 Å². The number of nitrogens with zero attached hydrogens (tertiary/aromatic N) is 4. The van der Waals surface area contributed by atoms with Crippen molar-refractivity contribution in [3.05, 3.63) is 54.5 Å². The van der Waals surface area contributed by atoms with Crippen LogP contribution < -0.4 is 20.3 Å². The summed E-state index contributed by atoms with van der Waals surface area (Å²) in [5.74, 6) is -0.464. The van der Waals surface area contributed by atoms with Crippen LogP contribution in [0.1, 0.15) is 5.56 Å². The molecule has 12 heteroatoms. The molecule has 4 rings (SSSR count). The van der Waals surface area contributed by atoms with Crippen molar-refractivity contribution >= 4 is 23.4 Å². The number of aryl methyl sites for hydroxylation is 1. The second kappa shape index (κ2) is 8.21. The van der Waals surface area contributed by atoms with Gasteiger partial charge in [0.15, 0.2) is 5.82 Å². The van der Waals surface area contributed by atoms with Gasteiger partial charge in [-0.1, -0.05) is 6.07 Å². The normalized spacial score (nSPS) is 13.4. The number of hydrogen-bond acceptors (Lipinski definition) is 5. The van der Waals surface area contributed by atoms with Crippen molar-refractivity contribution in [2.24, 2.45) is 7.05 Å². The third-order valence-electron chi connectivity index (χ3n) is 4.62. The quantitative estimate of drug-likeness (QED) is 0.642. The van der Waals surface area contributed by atoms with Gasteiger partial charge in [0.2, 0.25) is 5.91 Å². The Morgan fingerprint density at radius 2 is 2.12 bits per heavy atom. The number of urea groups is 1. The molecule has 1 aromatic carbocycles. The molecular formula is C20H17F3N6O3. The maximum Gasteiger partial charge on any atom is 0.573 e. The van der Waals surface area contributed by atoms with Gasteiger partial charge in [-0.3, -0.25) is 14.4 Å². The number of pyridine rings is 1. The third-order valence-corrected chi connectivity index (χ3v) is 4.62. The van der Waals surface area contributed by atoms with Gasteiger partial charge in [0.1, 0.15) is 12.3 Å². The van der Waals surface area contributed by atoms with Gasteiger partial charge < -0.3 is 15.4 Å². The zero-order valence-corrected chi connectivity index (χ0v) is 16.7. The highest BCUT2D eigenvalue weighted by Crippen LogP contribution is 2.31. The molecule has 9 nitrogen and oxygen atoms in total. The van der Waals surface area contributed by atoms with Gasteiger partial charge >= 0.3 is 12.4 Å². The third kappa shape index (κ3) is 4.63. The molecule has 0 spiro atoms. The average molecular weight is 446 g/mol. The number of nitrogens with one attached hydrogen (secondary N) is 2. The van der Waals surface area contributed by atoms with E-state index in [1.54, 1.807) is 25.4 Å². The van der Waals surface area contributed by atoms with E-state index in [0.717, 1.165) is 0 Å². The predicted octanol–water partition coefficient (Wildman–Crippen LogP) is 3.05. The van der Waals surface area contributed by atoms with Crippen LogP contribution in [0.5, 0.6) is 5.75 Å². The highest BCUT2D eigenvalue weighted by atomic mass is 19.4. The lowest BCUT2D eigenvalue weighted by molar-refractivity contribution is -0.274. The fourth-order valence-electron chi connectivity index (χ4n) is 3.29. The van der Waals surface area contributed by atoms with E-state index in [1.165, 1.54) is 40.2 Å². The maximum absolute atomic E-state index is 12.8. The first-order chi connectivity index (χ1) is 15.2. The molecule has 0 bridgehead atoms. The van der Waals surface area contributed by atoms with Crippen LogP contribution in [0.15, 0.2) is 48.9 Å². The summed E-state index contributed by atoms with van der Waals surface area (Å²) < 4.78 is 43.5. The number of fused-ring (bicyclic) bond motifs is 1. The van der Waals surface area contributed by atoms with Crippen LogP contribution in [0.4, 0.5) is 29.5 Å². The monoisotopic (exact) mass is 446 g/mol. The van der Waals surface area contributed by atoms with E-state index in [9.17, 15) is 22.8 Å². The molecule has 2 aromatic heterocycles. The van der Waals surface area contributed by atoms with Crippen molar-refractivity contribution < 1.29 is 27.5 Å². The summed E-state index contributed by atoms with van der Waals surface area (Å²) in [7, 11) is 1.67. The predicted molar refractivity (Wildman–Crippen MR) is 108 cm³/mol. The summed E-state index contributed by atoms with van der Waals surface area (Å²) in [6.07, 6.45) is -0.214. The minimum absolute atomic E-state index is 0.0182. The largest absolute Gasteiger partial charge is 0.573 e. The zero-order chi connectivity index (χ0) is 22.9. The minimum Gasteiger partial charge on any atom is -0.406 e. The lowest BCUT2D eigenvalue weighted by Crippen LogP contribution is -2.47. The minimum atomic E-state index is -4.84. The summed E-state index contributed by atoms with van der Waals surface area (Å²) in [6.45, 7) is -0.237. The highest BCUT2D eigenvalue weighted by Gasteiger charge is 2.31. The van der Waals surface area contributed by atoms with Gasteiger partial charge in [-0.25, -0.2) is 9.78 Å². The van der Waals surface area contributed by atoms with Crippen LogP contribution in [0.3, 0.4) is 0 Å². The van der Waals surface area contributed by atoms with E-state index in [2.05, 4.69) is 25.5 Å². The standard InChI is InChI=1S/C20H17F3N6O3/c1-28-10-13(9-26-28)15-7-14(32-20(21,22)23)5-4-12(15)8-25-19(31)29-11-17(30)27-16-3-2-6-24-18(16)29/h2-7,9-10H,8,11H2,1H3,(H,25,31)(H,27,30). The molecule has 2 N–H and O–H groups in total. The molecule has 3 amide bonds. The average Bonchev–Trinajstić information content (AvgIpc) is 3.17. The van der Waals surface area contributed by atoms with Crippen molar-refractivity contribution in [3.8, 4) is 16.9 Å². The fraction of sp³-hybridized carbons (Fsp3) is 0.200. The number of hydrogen-bond donors (Lipinski definition) is 2. The lowest BCUT2D eigenvalue weighted by atomic mass is 10.0. The molecule has 32 heavy (non-hydrogen) atoms. The number of amides is 3. The first-order valence-electron chi connectivity index (χ1n) is 9.37. The van der Waals surface area contributed by atoms with Gasteiger partial charge in [0.05, 0.1) is 11.9 Å². The number of carbonyl (C=O) groups is 2. The number of ether oxygens (including phenoxy) is 1. The van der Waals surface area contributed by atoms with E-state index >= 15 is 0 Å². The molecule has 0 saturated carbocycles. The van der Waals surface area contributed by atoms with E-state index in [0.29, 0.717) is 28.2 Å². The SMILES string of the molecule is Cn1cc(-c2cc(OC(F)(F)F)ccc2CNC(=O)N2CC(=O)Nc3cccnc32)cn1. The van der Waals surface area contributed by atoms with E-state index < -0.39 is 18.1 Å². The molecular weight excluding hydrogens is 429 g/mol. The Morgan fingerprint density at radius 1 is 1.31 bits per heavy atom. The smallest absolute Gasteiger partial charge is 0.406 e. The summed E-state index contributed by atoms with van der Waals surface area (Å²) in [5.41, 5.74) is 1.90. The van der Waals surface area contributed by atoms with Crippen LogP contribution in [-0.4, -0.2) is 39.6 Å². The van der Waals surface area contributed by atoms with Gasteiger partial charge in [-0.2, -0.15) is 5.10 Å². The Hall–Kier alpha value is -4.09. The zero-order valence-electron chi connectivity index (χ0n) is 16.7. The highest BCUT2D eigenvalue weighted by molar-refractivity contribution is 6.08. The van der Waals surface area contributed by atoms with Gasteiger partial charge in [0, 0.05) is 31.5 Å². The van der Waals surface area contributed by atoms with Crippen LogP contribution in [0.25, 0.3) is 11.1 Å². The number of rotatable bonds is 4. The number of halogens is 3. The van der Waals surface area contributed by atoms with Crippen molar-refractivity contribution in [1.82, 2.24) is 20.1 Å². The fourth-order valence-corrected chi connectivity index (χ4v) is 3.29. The van der Waals surface area contributed by atoms with E-state index in [-0.39, 0.29) is 19.0 Å². The van der Waals surface area contributed by atoms with Crippen LogP contribution in [-0.2, 0) is 18.4 Å². The Morgan fingerprint density at radius 3 is 2.84 bits per heavy atom. The molecule has 0 radical (unpaired) electrons. The number of carbonyl (C=O) groups excluding carboxylic acids is 2. The summed E-state index contributed by atoms with van der Waals surface area (Å²) in [4.78, 5) is 30.1. The number of anilines is 2. The molecule has 3 aromatic rings. The summed E-state index contributed by atoms with van der Waals surface area (Å²) >= 11 is 0. The molecule has 0 aliphatic carbocycles. The van der Waals surface area contributed by atoms with Gasteiger partial charge in [-0.05, 0) is 35.4 Å². The first-order valence-corrected chi connectivity index (χ1v) is 9.37. The first kappa shape index (κ1) is 21.2. The molecule has 0 fully saturated rings. The summed E-state index contributed by atoms with van der Waals surface area (Å²) in [5, 5.41) is 9.38. The van der Waals surface area contributed by atoms with Crippen LogP contribution >= 0.6 is 0 Å². The molecule has 166 valence electrons. The second-order valence-corrected chi connectivity index (χ2v) is 6.94. The van der Waals surface area contributed by atoms with Crippen LogP contribution in [0, 0.1) is 0 Å². The van der Waals surface area contributed by atoms with E-state index in [1.807, 2.05) is 0 Å². The van der Waals surface area contributed by atoms with Crippen molar-refractivity contribution in [3.63, 3.8) is 0 Å².